The summed E-state index contributed by atoms with van der Waals surface area (Å²) in [5.74, 6) is 0.779. The molecule has 2 aromatic heterocycles. The second-order valence-corrected chi connectivity index (χ2v) is 4.83. The molecule has 0 saturated carbocycles. The Kier molecular flexibility index (Phi) is 2.67. The van der Waals surface area contributed by atoms with E-state index >= 15 is 0 Å². The van der Waals surface area contributed by atoms with E-state index in [4.69, 9.17) is 5.26 Å². The van der Waals surface area contributed by atoms with E-state index in [1.807, 2.05) is 24.6 Å². The van der Waals surface area contributed by atoms with Gasteiger partial charge in [0, 0.05) is 30.7 Å². The van der Waals surface area contributed by atoms with Crippen molar-refractivity contribution in [1.29, 1.82) is 5.26 Å². The van der Waals surface area contributed by atoms with Crippen LogP contribution in [0.25, 0.3) is 0 Å². The minimum absolute atomic E-state index is 0.298. The van der Waals surface area contributed by atoms with Crippen molar-refractivity contribution < 1.29 is 0 Å². The summed E-state index contributed by atoms with van der Waals surface area (Å²) < 4.78 is 1.84. The zero-order valence-corrected chi connectivity index (χ0v) is 10.9. The SMILES string of the molecule is Cc1cc(C)nc(N2CC(n3cc(C#N)cn3)C2)n1. The molecular weight excluding hydrogens is 240 g/mol. The number of anilines is 1. The van der Waals surface area contributed by atoms with Crippen LogP contribution in [0.15, 0.2) is 18.5 Å². The number of hydrogen-bond donors (Lipinski definition) is 0. The monoisotopic (exact) mass is 254 g/mol. The van der Waals surface area contributed by atoms with Gasteiger partial charge in [-0.15, -0.1) is 0 Å². The Morgan fingerprint density at radius 1 is 1.26 bits per heavy atom. The van der Waals surface area contributed by atoms with Gasteiger partial charge in [0.2, 0.25) is 5.95 Å². The largest absolute Gasteiger partial charge is 0.336 e. The molecule has 6 heteroatoms. The Morgan fingerprint density at radius 3 is 2.53 bits per heavy atom. The van der Waals surface area contributed by atoms with Crippen molar-refractivity contribution in [2.75, 3.05) is 18.0 Å². The van der Waals surface area contributed by atoms with Crippen LogP contribution in [0.5, 0.6) is 0 Å². The molecule has 1 fully saturated rings. The Balaban J connectivity index is 1.71. The molecule has 0 unspecified atom stereocenters. The number of aryl methyl sites for hydroxylation is 2. The van der Waals surface area contributed by atoms with Crippen LogP contribution >= 0.6 is 0 Å². The molecule has 0 spiro atoms. The van der Waals surface area contributed by atoms with Gasteiger partial charge < -0.3 is 4.90 Å². The summed E-state index contributed by atoms with van der Waals surface area (Å²) in [4.78, 5) is 11.0. The van der Waals surface area contributed by atoms with Crippen LogP contribution in [0.4, 0.5) is 5.95 Å². The fourth-order valence-corrected chi connectivity index (χ4v) is 2.23. The minimum Gasteiger partial charge on any atom is -0.336 e. The third-order valence-electron chi connectivity index (χ3n) is 3.22. The maximum absolute atomic E-state index is 8.78. The minimum atomic E-state index is 0.298. The van der Waals surface area contributed by atoms with E-state index in [9.17, 15) is 0 Å². The molecule has 0 aromatic carbocycles. The van der Waals surface area contributed by atoms with Crippen LogP contribution in [0.1, 0.15) is 23.0 Å². The first-order valence-electron chi connectivity index (χ1n) is 6.17. The van der Waals surface area contributed by atoms with E-state index in [0.717, 1.165) is 30.4 Å². The normalized spacial score (nSPS) is 15.1. The maximum atomic E-state index is 8.78. The van der Waals surface area contributed by atoms with Gasteiger partial charge in [-0.2, -0.15) is 10.4 Å². The number of hydrogen-bond acceptors (Lipinski definition) is 5. The van der Waals surface area contributed by atoms with Crippen LogP contribution in [-0.4, -0.2) is 32.8 Å². The molecule has 6 nitrogen and oxygen atoms in total. The van der Waals surface area contributed by atoms with E-state index in [-0.39, 0.29) is 0 Å². The van der Waals surface area contributed by atoms with E-state index < -0.39 is 0 Å². The quantitative estimate of drug-likeness (QED) is 0.806. The molecule has 3 rings (SSSR count). The van der Waals surface area contributed by atoms with Crippen molar-refractivity contribution in [3.05, 3.63) is 35.4 Å². The van der Waals surface area contributed by atoms with Crippen molar-refractivity contribution in [3.63, 3.8) is 0 Å². The van der Waals surface area contributed by atoms with Gasteiger partial charge in [0.05, 0.1) is 17.8 Å². The second kappa shape index (κ2) is 4.35. The molecular formula is C13H14N6. The predicted octanol–water partition coefficient (Wildman–Crippen LogP) is 1.22. The standard InChI is InChI=1S/C13H14N6/c1-9-3-10(2)17-13(16-9)18-7-12(8-18)19-6-11(4-14)5-15-19/h3,5-6,12H,7-8H2,1-2H3. The molecule has 1 aliphatic rings. The highest BCUT2D eigenvalue weighted by Gasteiger charge is 2.30. The first-order valence-corrected chi connectivity index (χ1v) is 6.17. The Labute approximate surface area is 111 Å². The third kappa shape index (κ3) is 2.15. The van der Waals surface area contributed by atoms with Crippen LogP contribution in [-0.2, 0) is 0 Å². The van der Waals surface area contributed by atoms with E-state index in [0.29, 0.717) is 11.6 Å². The average Bonchev–Trinajstić information content (AvgIpc) is 2.74. The van der Waals surface area contributed by atoms with Gasteiger partial charge in [-0.05, 0) is 19.9 Å². The van der Waals surface area contributed by atoms with Crippen LogP contribution in [0.3, 0.4) is 0 Å². The lowest BCUT2D eigenvalue weighted by molar-refractivity contribution is 0.363. The van der Waals surface area contributed by atoms with Crippen molar-refractivity contribution in [3.8, 4) is 6.07 Å². The highest BCUT2D eigenvalue weighted by atomic mass is 15.4. The zero-order chi connectivity index (χ0) is 13.4. The van der Waals surface area contributed by atoms with Crippen molar-refractivity contribution in [2.24, 2.45) is 0 Å². The van der Waals surface area contributed by atoms with Crippen LogP contribution in [0.2, 0.25) is 0 Å². The molecule has 2 aromatic rings. The molecule has 0 radical (unpaired) electrons. The van der Waals surface area contributed by atoms with Crippen molar-refractivity contribution in [1.82, 2.24) is 19.7 Å². The second-order valence-electron chi connectivity index (χ2n) is 4.83. The molecule has 0 aliphatic carbocycles. The van der Waals surface area contributed by atoms with Gasteiger partial charge in [0.25, 0.3) is 0 Å². The fourth-order valence-electron chi connectivity index (χ4n) is 2.23. The summed E-state index contributed by atoms with van der Waals surface area (Å²) >= 11 is 0. The molecule has 0 atom stereocenters. The fraction of sp³-hybridized carbons (Fsp3) is 0.385. The number of nitrogens with zero attached hydrogens (tertiary/aromatic N) is 6. The van der Waals surface area contributed by atoms with Gasteiger partial charge in [-0.3, -0.25) is 4.68 Å². The number of rotatable bonds is 2. The van der Waals surface area contributed by atoms with E-state index in [1.54, 1.807) is 12.4 Å². The first kappa shape index (κ1) is 11.7. The third-order valence-corrected chi connectivity index (χ3v) is 3.22. The van der Waals surface area contributed by atoms with Crippen LogP contribution < -0.4 is 4.90 Å². The summed E-state index contributed by atoms with van der Waals surface area (Å²) in [6.07, 6.45) is 3.38. The zero-order valence-electron chi connectivity index (χ0n) is 10.9. The summed E-state index contributed by atoms with van der Waals surface area (Å²) in [6, 6.07) is 4.35. The topological polar surface area (TPSA) is 70.6 Å². The Morgan fingerprint density at radius 2 is 1.95 bits per heavy atom. The van der Waals surface area contributed by atoms with Gasteiger partial charge in [0.1, 0.15) is 6.07 Å². The highest BCUT2D eigenvalue weighted by molar-refractivity contribution is 5.36. The molecule has 1 saturated heterocycles. The lowest BCUT2D eigenvalue weighted by atomic mass is 10.1. The number of aromatic nitrogens is 4. The smallest absolute Gasteiger partial charge is 0.225 e. The molecule has 19 heavy (non-hydrogen) atoms. The number of nitriles is 1. The van der Waals surface area contributed by atoms with Crippen molar-refractivity contribution >= 4 is 5.95 Å². The van der Waals surface area contributed by atoms with Gasteiger partial charge in [-0.25, -0.2) is 9.97 Å². The molecule has 1 aliphatic heterocycles. The van der Waals surface area contributed by atoms with Crippen LogP contribution in [0, 0.1) is 25.2 Å². The maximum Gasteiger partial charge on any atom is 0.225 e. The van der Waals surface area contributed by atoms with Gasteiger partial charge >= 0.3 is 0 Å². The highest BCUT2D eigenvalue weighted by Crippen LogP contribution is 2.25. The summed E-state index contributed by atoms with van der Waals surface area (Å²) in [5, 5.41) is 13.0. The molecule has 0 bridgehead atoms. The summed E-state index contributed by atoms with van der Waals surface area (Å²) in [6.45, 7) is 5.61. The van der Waals surface area contributed by atoms with Gasteiger partial charge in [-0.1, -0.05) is 0 Å². The Hall–Kier alpha value is -2.42. The summed E-state index contributed by atoms with van der Waals surface area (Å²) in [7, 11) is 0. The first-order chi connectivity index (χ1) is 9.15. The summed E-state index contributed by atoms with van der Waals surface area (Å²) in [5.41, 5.74) is 2.56. The Bertz CT molecular complexity index is 627. The van der Waals surface area contributed by atoms with Gasteiger partial charge in [0.15, 0.2) is 0 Å². The lowest BCUT2D eigenvalue weighted by Crippen LogP contribution is -2.48. The molecule has 96 valence electrons. The average molecular weight is 254 g/mol. The van der Waals surface area contributed by atoms with Crippen molar-refractivity contribution in [2.45, 2.75) is 19.9 Å². The molecule has 0 amide bonds. The molecule has 3 heterocycles. The van der Waals surface area contributed by atoms with E-state index in [2.05, 4.69) is 26.0 Å². The lowest BCUT2D eigenvalue weighted by Gasteiger charge is -2.39. The van der Waals surface area contributed by atoms with E-state index in [1.165, 1.54) is 0 Å². The molecule has 0 N–H and O–H groups in total. The predicted molar refractivity (Wildman–Crippen MR) is 69.7 cm³/mol.